The quantitative estimate of drug-likeness (QED) is 0.455. The smallest absolute Gasteiger partial charge is 0.235 e. The van der Waals surface area contributed by atoms with Crippen molar-refractivity contribution in [2.45, 2.75) is 31.7 Å². The van der Waals surface area contributed by atoms with Crippen LogP contribution in [0.1, 0.15) is 26.2 Å². The Labute approximate surface area is 66.5 Å². The molecule has 1 fully saturated rings. The van der Waals surface area contributed by atoms with E-state index in [4.69, 9.17) is 4.74 Å². The topological polar surface area (TPSA) is 38.7 Å². The van der Waals surface area contributed by atoms with Crippen LogP contribution in [0.5, 0.6) is 0 Å². The molecule has 0 bridgehead atoms. The van der Waals surface area contributed by atoms with Crippen molar-refractivity contribution in [3.63, 3.8) is 0 Å². The van der Waals surface area contributed by atoms with E-state index in [0.29, 0.717) is 6.61 Å². The van der Waals surface area contributed by atoms with Crippen LogP contribution in [0.3, 0.4) is 0 Å². The SMILES string of the molecule is CCCC1(N=C=O)CCOC1. The molecule has 11 heavy (non-hydrogen) atoms. The molecule has 1 unspecified atom stereocenters. The average molecular weight is 155 g/mol. The highest BCUT2D eigenvalue weighted by molar-refractivity contribution is 5.35. The van der Waals surface area contributed by atoms with Gasteiger partial charge >= 0.3 is 0 Å². The second-order valence-electron chi connectivity index (χ2n) is 2.98. The van der Waals surface area contributed by atoms with Gasteiger partial charge in [0.2, 0.25) is 6.08 Å². The minimum absolute atomic E-state index is 0.226. The minimum atomic E-state index is -0.226. The fourth-order valence-corrected chi connectivity index (χ4v) is 1.50. The first-order valence-electron chi connectivity index (χ1n) is 4.00. The summed E-state index contributed by atoms with van der Waals surface area (Å²) in [5.74, 6) is 0. The fourth-order valence-electron chi connectivity index (χ4n) is 1.50. The Hall–Kier alpha value is -0.660. The highest BCUT2D eigenvalue weighted by atomic mass is 16.5. The highest BCUT2D eigenvalue weighted by Crippen LogP contribution is 2.27. The van der Waals surface area contributed by atoms with Gasteiger partial charge in [0.05, 0.1) is 12.1 Å². The summed E-state index contributed by atoms with van der Waals surface area (Å²) in [5.41, 5.74) is -0.226. The Kier molecular flexibility index (Phi) is 2.80. The normalized spacial score (nSPS) is 29.9. The molecule has 1 aliphatic heterocycles. The van der Waals surface area contributed by atoms with E-state index in [1.165, 1.54) is 0 Å². The minimum Gasteiger partial charge on any atom is -0.379 e. The van der Waals surface area contributed by atoms with Crippen LogP contribution in [0.25, 0.3) is 0 Å². The third-order valence-corrected chi connectivity index (χ3v) is 2.08. The molecule has 1 aliphatic rings. The van der Waals surface area contributed by atoms with Gasteiger partial charge in [0.1, 0.15) is 0 Å². The first kappa shape index (κ1) is 8.44. The van der Waals surface area contributed by atoms with E-state index in [9.17, 15) is 4.79 Å². The number of hydrogen-bond acceptors (Lipinski definition) is 3. The molecule has 0 radical (unpaired) electrons. The number of nitrogens with zero attached hydrogens (tertiary/aromatic N) is 1. The molecule has 0 aromatic heterocycles. The lowest BCUT2D eigenvalue weighted by molar-refractivity contribution is 0.176. The molecule has 1 rings (SSSR count). The van der Waals surface area contributed by atoms with Crippen molar-refractivity contribution in [3.8, 4) is 0 Å². The monoisotopic (exact) mass is 155 g/mol. The Morgan fingerprint density at radius 3 is 3.00 bits per heavy atom. The van der Waals surface area contributed by atoms with Crippen LogP contribution in [0, 0.1) is 0 Å². The summed E-state index contributed by atoms with van der Waals surface area (Å²) in [6.07, 6.45) is 4.47. The summed E-state index contributed by atoms with van der Waals surface area (Å²) < 4.78 is 5.19. The van der Waals surface area contributed by atoms with Crippen molar-refractivity contribution < 1.29 is 9.53 Å². The molecule has 0 spiro atoms. The van der Waals surface area contributed by atoms with Gasteiger partial charge in [-0.25, -0.2) is 4.79 Å². The van der Waals surface area contributed by atoms with E-state index in [1.54, 1.807) is 6.08 Å². The molecule has 3 heteroatoms. The maximum absolute atomic E-state index is 10.1. The van der Waals surface area contributed by atoms with Crippen molar-refractivity contribution in [1.29, 1.82) is 0 Å². The Morgan fingerprint density at radius 1 is 1.73 bits per heavy atom. The first-order valence-corrected chi connectivity index (χ1v) is 4.00. The van der Waals surface area contributed by atoms with E-state index >= 15 is 0 Å². The molecule has 62 valence electrons. The molecule has 3 nitrogen and oxygen atoms in total. The highest BCUT2D eigenvalue weighted by Gasteiger charge is 2.33. The zero-order valence-electron chi connectivity index (χ0n) is 6.80. The van der Waals surface area contributed by atoms with Gasteiger partial charge in [-0.15, -0.1) is 0 Å². The molecular formula is C8H13NO2. The fraction of sp³-hybridized carbons (Fsp3) is 0.875. The maximum Gasteiger partial charge on any atom is 0.235 e. The first-order chi connectivity index (χ1) is 5.33. The Balaban J connectivity index is 2.61. The summed E-state index contributed by atoms with van der Waals surface area (Å²) in [7, 11) is 0. The lowest BCUT2D eigenvalue weighted by Crippen LogP contribution is -2.26. The summed E-state index contributed by atoms with van der Waals surface area (Å²) in [6, 6.07) is 0. The molecule has 1 saturated heterocycles. The van der Waals surface area contributed by atoms with Crippen LogP contribution in [0.2, 0.25) is 0 Å². The van der Waals surface area contributed by atoms with Crippen LogP contribution >= 0.6 is 0 Å². The van der Waals surface area contributed by atoms with E-state index in [2.05, 4.69) is 11.9 Å². The van der Waals surface area contributed by atoms with Gasteiger partial charge in [0.25, 0.3) is 0 Å². The van der Waals surface area contributed by atoms with Crippen LogP contribution in [0.15, 0.2) is 4.99 Å². The summed E-state index contributed by atoms with van der Waals surface area (Å²) >= 11 is 0. The molecule has 0 saturated carbocycles. The number of rotatable bonds is 3. The third-order valence-electron chi connectivity index (χ3n) is 2.08. The number of aliphatic imine (C=N–C) groups is 1. The second kappa shape index (κ2) is 3.65. The summed E-state index contributed by atoms with van der Waals surface area (Å²) in [6.45, 7) is 3.40. The van der Waals surface area contributed by atoms with Gasteiger partial charge in [-0.2, -0.15) is 4.99 Å². The zero-order valence-corrected chi connectivity index (χ0v) is 6.80. The van der Waals surface area contributed by atoms with Gasteiger partial charge < -0.3 is 4.74 Å². The van der Waals surface area contributed by atoms with E-state index in [0.717, 1.165) is 25.9 Å². The standard InChI is InChI=1S/C8H13NO2/c1-2-3-8(9-7-10)4-5-11-6-8/h2-6H2,1H3. The number of hydrogen-bond donors (Lipinski definition) is 0. The maximum atomic E-state index is 10.1. The van der Waals surface area contributed by atoms with Gasteiger partial charge in [-0.3, -0.25) is 0 Å². The molecule has 0 aliphatic carbocycles. The molecular weight excluding hydrogens is 142 g/mol. The number of isocyanates is 1. The third kappa shape index (κ3) is 1.88. The average Bonchev–Trinajstić information content (AvgIpc) is 2.39. The molecule has 0 N–H and O–H groups in total. The summed E-state index contributed by atoms with van der Waals surface area (Å²) in [4.78, 5) is 13.9. The lowest BCUT2D eigenvalue weighted by Gasteiger charge is -2.18. The largest absolute Gasteiger partial charge is 0.379 e. The van der Waals surface area contributed by atoms with Crippen molar-refractivity contribution in [2.24, 2.45) is 4.99 Å². The van der Waals surface area contributed by atoms with Crippen LogP contribution in [-0.2, 0) is 9.53 Å². The molecule has 0 aromatic carbocycles. The van der Waals surface area contributed by atoms with Crippen molar-refractivity contribution in [1.82, 2.24) is 0 Å². The zero-order chi connectivity index (χ0) is 8.16. The van der Waals surface area contributed by atoms with Crippen LogP contribution in [0.4, 0.5) is 0 Å². The lowest BCUT2D eigenvalue weighted by atomic mass is 9.94. The predicted octanol–water partition coefficient (Wildman–Crippen LogP) is 1.28. The van der Waals surface area contributed by atoms with Gasteiger partial charge in [-0.1, -0.05) is 13.3 Å². The molecule has 0 aromatic rings. The number of ether oxygens (including phenoxy) is 1. The van der Waals surface area contributed by atoms with E-state index in [-0.39, 0.29) is 5.54 Å². The van der Waals surface area contributed by atoms with Gasteiger partial charge in [0.15, 0.2) is 0 Å². The van der Waals surface area contributed by atoms with Crippen LogP contribution in [-0.4, -0.2) is 24.8 Å². The van der Waals surface area contributed by atoms with Gasteiger partial charge in [-0.05, 0) is 12.8 Å². The van der Waals surface area contributed by atoms with Crippen molar-refractivity contribution >= 4 is 6.08 Å². The van der Waals surface area contributed by atoms with Crippen molar-refractivity contribution in [3.05, 3.63) is 0 Å². The summed E-state index contributed by atoms with van der Waals surface area (Å²) in [5, 5.41) is 0. The molecule has 1 atom stereocenters. The second-order valence-corrected chi connectivity index (χ2v) is 2.98. The van der Waals surface area contributed by atoms with Crippen LogP contribution < -0.4 is 0 Å². The molecule has 0 amide bonds. The number of carbonyl (C=O) groups excluding carboxylic acids is 1. The van der Waals surface area contributed by atoms with E-state index < -0.39 is 0 Å². The van der Waals surface area contributed by atoms with Gasteiger partial charge in [0, 0.05) is 6.61 Å². The Bertz CT molecular complexity index is 167. The molecule has 1 heterocycles. The van der Waals surface area contributed by atoms with Crippen molar-refractivity contribution in [2.75, 3.05) is 13.2 Å². The predicted molar refractivity (Wildman–Crippen MR) is 41.2 cm³/mol. The Morgan fingerprint density at radius 2 is 2.55 bits per heavy atom. The van der Waals surface area contributed by atoms with E-state index in [1.807, 2.05) is 0 Å².